The van der Waals surface area contributed by atoms with Crippen LogP contribution in [0.15, 0.2) is 61.6 Å². The fraction of sp³-hybridized carbons (Fsp3) is 0.355. The van der Waals surface area contributed by atoms with Gasteiger partial charge in [0.1, 0.15) is 5.69 Å². The molecule has 3 aromatic rings. The molecule has 1 aliphatic heterocycles. The summed E-state index contributed by atoms with van der Waals surface area (Å²) in [6.45, 7) is 8.53. The van der Waals surface area contributed by atoms with Crippen LogP contribution in [0.4, 0.5) is 20.2 Å². The Hall–Kier alpha value is -4.18. The second-order valence-corrected chi connectivity index (χ2v) is 10.3. The van der Waals surface area contributed by atoms with E-state index in [1.165, 1.54) is 6.20 Å². The minimum absolute atomic E-state index is 0.0838. The first-order valence-corrected chi connectivity index (χ1v) is 13.8. The number of nitrogens with one attached hydrogen (secondary N) is 3. The number of amides is 2. The van der Waals surface area contributed by atoms with Gasteiger partial charge < -0.3 is 16.0 Å². The number of hydrogen-bond donors (Lipinski definition) is 3. The predicted octanol–water partition coefficient (Wildman–Crippen LogP) is 5.60. The molecule has 0 spiro atoms. The molecule has 3 N–H and O–H groups in total. The fourth-order valence-electron chi connectivity index (χ4n) is 4.81. The maximum Gasteiger partial charge on any atom is 0.270 e. The summed E-state index contributed by atoms with van der Waals surface area (Å²) in [6.07, 6.45) is 6.36. The first-order valence-electron chi connectivity index (χ1n) is 13.8. The summed E-state index contributed by atoms with van der Waals surface area (Å²) in [5, 5.41) is 8.83. The minimum Gasteiger partial charge on any atom is -0.388 e. The Morgan fingerprint density at radius 1 is 1.07 bits per heavy atom. The maximum atomic E-state index is 13.6. The van der Waals surface area contributed by atoms with Gasteiger partial charge in [-0.05, 0) is 54.3 Å². The summed E-state index contributed by atoms with van der Waals surface area (Å²) in [5.74, 6) is -3.33. The van der Waals surface area contributed by atoms with Crippen molar-refractivity contribution in [3.8, 4) is 11.1 Å². The van der Waals surface area contributed by atoms with E-state index in [9.17, 15) is 18.4 Å². The van der Waals surface area contributed by atoms with E-state index in [0.717, 1.165) is 29.5 Å². The molecule has 8 nitrogen and oxygen atoms in total. The molecule has 0 saturated carbocycles. The Balaban J connectivity index is 1.47. The molecule has 1 saturated heterocycles. The van der Waals surface area contributed by atoms with Crippen LogP contribution in [-0.4, -0.2) is 58.8 Å². The van der Waals surface area contributed by atoms with Crippen molar-refractivity contribution in [1.82, 2.24) is 20.2 Å². The van der Waals surface area contributed by atoms with E-state index < -0.39 is 11.8 Å². The van der Waals surface area contributed by atoms with Crippen LogP contribution in [0.5, 0.6) is 0 Å². The molecule has 2 amide bonds. The van der Waals surface area contributed by atoms with Gasteiger partial charge in [0.15, 0.2) is 0 Å². The molecule has 0 aliphatic carbocycles. The van der Waals surface area contributed by atoms with E-state index in [0.29, 0.717) is 30.0 Å². The van der Waals surface area contributed by atoms with Gasteiger partial charge in [0, 0.05) is 67.4 Å². The molecule has 1 fully saturated rings. The van der Waals surface area contributed by atoms with Crippen LogP contribution in [0.1, 0.15) is 54.7 Å². The molecule has 4 rings (SSSR count). The third-order valence-corrected chi connectivity index (χ3v) is 7.25. The topological polar surface area (TPSA) is 99.2 Å². The highest BCUT2D eigenvalue weighted by Crippen LogP contribution is 2.31. The standard InChI is InChI=1S/C31H36F2N6O2/c1-5-24(6-2)37-30(41)28-10-8-25(17-36-28)38-29(40)20(3)26-14-22(7-9-27(26)34-4)23-13-21(15-35-16-23)18-39-12-11-31(32,33)19-39/h7-10,13-17,24,34H,3,5-6,11-12,18-19H2,1-2,4H3,(H,37,41)(H,38,40). The number of pyridine rings is 2. The molecule has 2 aromatic heterocycles. The van der Waals surface area contributed by atoms with Gasteiger partial charge in [-0.2, -0.15) is 0 Å². The van der Waals surface area contributed by atoms with Crippen LogP contribution in [0.3, 0.4) is 0 Å². The largest absolute Gasteiger partial charge is 0.388 e. The summed E-state index contributed by atoms with van der Waals surface area (Å²) in [6, 6.07) is 10.8. The zero-order valence-electron chi connectivity index (χ0n) is 23.6. The molecule has 10 heteroatoms. The summed E-state index contributed by atoms with van der Waals surface area (Å²) in [5.41, 5.74) is 4.69. The number of benzene rings is 1. The summed E-state index contributed by atoms with van der Waals surface area (Å²) < 4.78 is 27.3. The van der Waals surface area contributed by atoms with Crippen LogP contribution in [0.25, 0.3) is 16.7 Å². The number of aromatic nitrogens is 2. The predicted molar refractivity (Wildman–Crippen MR) is 158 cm³/mol. The molecule has 0 atom stereocenters. The molecule has 0 unspecified atom stereocenters. The van der Waals surface area contributed by atoms with E-state index in [1.807, 2.05) is 38.1 Å². The highest BCUT2D eigenvalue weighted by Gasteiger charge is 2.37. The molecule has 3 heterocycles. The van der Waals surface area contributed by atoms with Gasteiger partial charge in [0.2, 0.25) is 0 Å². The normalized spacial score (nSPS) is 14.6. The average Bonchev–Trinajstić information content (AvgIpc) is 3.32. The van der Waals surface area contributed by atoms with Crippen molar-refractivity contribution >= 4 is 28.8 Å². The maximum absolute atomic E-state index is 13.6. The Labute approximate surface area is 239 Å². The highest BCUT2D eigenvalue weighted by molar-refractivity contribution is 6.25. The van der Waals surface area contributed by atoms with Gasteiger partial charge in [-0.25, -0.2) is 13.8 Å². The molecule has 0 radical (unpaired) electrons. The van der Waals surface area contributed by atoms with Crippen LogP contribution >= 0.6 is 0 Å². The number of hydrogen-bond acceptors (Lipinski definition) is 6. The van der Waals surface area contributed by atoms with Gasteiger partial charge in [-0.3, -0.25) is 19.5 Å². The molecule has 41 heavy (non-hydrogen) atoms. The average molecular weight is 563 g/mol. The first kappa shape index (κ1) is 29.8. The number of alkyl halides is 2. The lowest BCUT2D eigenvalue weighted by Crippen LogP contribution is -2.34. The zero-order chi connectivity index (χ0) is 29.6. The van der Waals surface area contributed by atoms with Crippen LogP contribution in [-0.2, 0) is 11.3 Å². The lowest BCUT2D eigenvalue weighted by atomic mass is 9.97. The van der Waals surface area contributed by atoms with Crippen LogP contribution in [0, 0.1) is 0 Å². The number of halogens is 2. The second-order valence-electron chi connectivity index (χ2n) is 10.3. The SMILES string of the molecule is C=C(C(=O)Nc1ccc(C(=O)NC(CC)CC)nc1)c1cc(-c2cncc(CN3CCC(F)(F)C3)c2)ccc1NC. The van der Waals surface area contributed by atoms with Crippen LogP contribution in [0.2, 0.25) is 0 Å². The van der Waals surface area contributed by atoms with E-state index in [2.05, 4.69) is 32.5 Å². The molecular formula is C31H36F2N6O2. The van der Waals surface area contributed by atoms with Gasteiger partial charge in [0.05, 0.1) is 18.4 Å². The summed E-state index contributed by atoms with van der Waals surface area (Å²) in [4.78, 5) is 35.8. The lowest BCUT2D eigenvalue weighted by molar-refractivity contribution is -0.111. The van der Waals surface area contributed by atoms with Crippen molar-refractivity contribution in [2.45, 2.75) is 51.6 Å². The number of carbonyl (C=O) groups is 2. The second kappa shape index (κ2) is 13.0. The Kier molecular flexibility index (Phi) is 9.44. The van der Waals surface area contributed by atoms with Crippen molar-refractivity contribution in [1.29, 1.82) is 0 Å². The number of likely N-dealkylation sites (tertiary alicyclic amines) is 1. The first-order chi connectivity index (χ1) is 19.6. The van der Waals surface area contributed by atoms with Crippen molar-refractivity contribution in [2.24, 2.45) is 0 Å². The number of anilines is 2. The van der Waals surface area contributed by atoms with Crippen LogP contribution < -0.4 is 16.0 Å². The third-order valence-electron chi connectivity index (χ3n) is 7.25. The van der Waals surface area contributed by atoms with Crippen molar-refractivity contribution < 1.29 is 18.4 Å². The zero-order valence-corrected chi connectivity index (χ0v) is 23.6. The van der Waals surface area contributed by atoms with Crippen molar-refractivity contribution in [2.75, 3.05) is 30.8 Å². The number of nitrogens with zero attached hydrogens (tertiary/aromatic N) is 3. The Morgan fingerprint density at radius 2 is 1.85 bits per heavy atom. The lowest BCUT2D eigenvalue weighted by Gasteiger charge is -2.17. The molecular weight excluding hydrogens is 526 g/mol. The van der Waals surface area contributed by atoms with E-state index in [1.54, 1.807) is 36.5 Å². The third kappa shape index (κ3) is 7.52. The Morgan fingerprint density at radius 3 is 2.49 bits per heavy atom. The minimum atomic E-state index is -2.65. The molecule has 1 aliphatic rings. The van der Waals surface area contributed by atoms with E-state index in [4.69, 9.17) is 0 Å². The number of rotatable bonds is 11. The quantitative estimate of drug-likeness (QED) is 0.263. The van der Waals surface area contributed by atoms with Gasteiger partial charge >= 0.3 is 0 Å². The van der Waals surface area contributed by atoms with Crippen molar-refractivity contribution in [3.63, 3.8) is 0 Å². The molecule has 216 valence electrons. The van der Waals surface area contributed by atoms with Crippen molar-refractivity contribution in [3.05, 3.63) is 78.4 Å². The van der Waals surface area contributed by atoms with Gasteiger partial charge in [-0.15, -0.1) is 0 Å². The Bertz CT molecular complexity index is 1410. The highest BCUT2D eigenvalue weighted by atomic mass is 19.3. The number of carbonyl (C=O) groups excluding carboxylic acids is 2. The van der Waals surface area contributed by atoms with Gasteiger partial charge in [0.25, 0.3) is 17.7 Å². The van der Waals surface area contributed by atoms with E-state index in [-0.39, 0.29) is 36.2 Å². The molecule has 1 aromatic carbocycles. The summed E-state index contributed by atoms with van der Waals surface area (Å²) >= 11 is 0. The summed E-state index contributed by atoms with van der Waals surface area (Å²) in [7, 11) is 1.76. The van der Waals surface area contributed by atoms with Gasteiger partial charge in [-0.1, -0.05) is 26.5 Å². The fourth-order valence-corrected chi connectivity index (χ4v) is 4.81. The monoisotopic (exact) mass is 562 g/mol. The smallest absolute Gasteiger partial charge is 0.270 e. The molecule has 0 bridgehead atoms. The van der Waals surface area contributed by atoms with E-state index >= 15 is 0 Å².